The Morgan fingerprint density at radius 2 is 1.92 bits per heavy atom. The summed E-state index contributed by atoms with van der Waals surface area (Å²) in [6.45, 7) is 2.87. The maximum atomic E-state index is 13.5. The Morgan fingerprint density at radius 1 is 1.15 bits per heavy atom. The van der Waals surface area contributed by atoms with E-state index >= 15 is 0 Å². The molecule has 2 aromatic heterocycles. The molecule has 8 heteroatoms. The highest BCUT2D eigenvalue weighted by Gasteiger charge is 2.44. The van der Waals surface area contributed by atoms with Gasteiger partial charge < -0.3 is 9.64 Å². The zero-order valence-electron chi connectivity index (χ0n) is 14.4. The normalized spacial score (nSPS) is 20.9. The topological polar surface area (TPSA) is 68.2 Å². The molecule has 6 nitrogen and oxygen atoms in total. The summed E-state index contributed by atoms with van der Waals surface area (Å²) in [6, 6.07) is 7.49. The molecule has 0 N–H and O–H groups in total. The van der Waals surface area contributed by atoms with Crippen LogP contribution in [0.3, 0.4) is 0 Å². The van der Waals surface area contributed by atoms with E-state index in [4.69, 9.17) is 16.3 Å². The minimum absolute atomic E-state index is 0.202. The Hall–Kier alpha value is -1.57. The average Bonchev–Trinajstić information content (AvgIpc) is 3.19. The van der Waals surface area contributed by atoms with Gasteiger partial charge in [-0.15, -0.1) is 0 Å². The second kappa shape index (κ2) is 7.58. The summed E-state index contributed by atoms with van der Waals surface area (Å²) in [6.07, 6.45) is 5.35. The van der Waals surface area contributed by atoms with Gasteiger partial charge >= 0.3 is 0 Å². The van der Waals surface area contributed by atoms with Gasteiger partial charge in [0.1, 0.15) is 10.8 Å². The number of anilines is 1. The first-order valence-electron chi connectivity index (χ1n) is 8.90. The zero-order chi connectivity index (χ0) is 18.0. The second-order valence-electron chi connectivity index (χ2n) is 6.62. The highest BCUT2D eigenvalue weighted by molar-refractivity contribution is 7.86. The molecule has 0 radical (unpaired) electrons. The SMILES string of the molecule is O=S(c1ccccn1)C1(c2cc(N3CCOCC3)nc(Cl)n2)CCCC1. The molecule has 4 rings (SSSR count). The maximum Gasteiger partial charge on any atom is 0.224 e. The minimum atomic E-state index is -1.29. The highest BCUT2D eigenvalue weighted by atomic mass is 35.5. The predicted octanol–water partition coefficient (Wildman–Crippen LogP) is 2.94. The van der Waals surface area contributed by atoms with Crippen LogP contribution in [0.4, 0.5) is 5.82 Å². The summed E-state index contributed by atoms with van der Waals surface area (Å²) in [5.41, 5.74) is 0.764. The lowest BCUT2D eigenvalue weighted by atomic mass is 10.0. The molecule has 0 aromatic carbocycles. The van der Waals surface area contributed by atoms with Crippen LogP contribution >= 0.6 is 11.6 Å². The van der Waals surface area contributed by atoms with Crippen LogP contribution in [0.1, 0.15) is 31.4 Å². The van der Waals surface area contributed by atoms with E-state index in [-0.39, 0.29) is 5.28 Å². The molecule has 0 bridgehead atoms. The summed E-state index contributed by atoms with van der Waals surface area (Å²) in [4.78, 5) is 15.4. The molecular formula is C18H21ClN4O2S. The molecule has 1 saturated heterocycles. The number of aromatic nitrogens is 3. The van der Waals surface area contributed by atoms with Gasteiger partial charge in [-0.05, 0) is 36.6 Å². The van der Waals surface area contributed by atoms with Crippen molar-refractivity contribution < 1.29 is 8.95 Å². The van der Waals surface area contributed by atoms with Crippen molar-refractivity contribution >= 4 is 28.2 Å². The number of hydrogen-bond acceptors (Lipinski definition) is 6. The quantitative estimate of drug-likeness (QED) is 0.745. The summed E-state index contributed by atoms with van der Waals surface area (Å²) >= 11 is 6.27. The Morgan fingerprint density at radius 3 is 2.62 bits per heavy atom. The minimum Gasteiger partial charge on any atom is -0.378 e. The first-order valence-corrected chi connectivity index (χ1v) is 10.4. The molecule has 1 atom stereocenters. The number of pyridine rings is 1. The maximum absolute atomic E-state index is 13.5. The van der Waals surface area contributed by atoms with Crippen LogP contribution in [0, 0.1) is 0 Å². The number of morpholine rings is 1. The fourth-order valence-corrected chi connectivity index (χ4v) is 5.62. The van der Waals surface area contributed by atoms with Gasteiger partial charge in [-0.25, -0.2) is 15.0 Å². The van der Waals surface area contributed by atoms with Crippen LogP contribution in [0.5, 0.6) is 0 Å². The van der Waals surface area contributed by atoms with Gasteiger partial charge in [-0.1, -0.05) is 18.9 Å². The second-order valence-corrected chi connectivity index (χ2v) is 8.69. The van der Waals surface area contributed by atoms with E-state index in [0.717, 1.165) is 50.3 Å². The standard InChI is InChI=1S/C18H21ClN4O2S/c19-17-21-14(13-15(22-17)23-9-11-25-12-10-23)18(6-2-3-7-18)26(24)16-5-1-4-8-20-16/h1,4-5,8,13H,2-3,6-7,9-12H2. The molecule has 1 unspecified atom stereocenters. The van der Waals surface area contributed by atoms with Crippen LogP contribution in [-0.4, -0.2) is 45.5 Å². The number of hydrogen-bond donors (Lipinski definition) is 0. The zero-order valence-corrected chi connectivity index (χ0v) is 16.0. The largest absolute Gasteiger partial charge is 0.378 e. The molecule has 138 valence electrons. The predicted molar refractivity (Wildman–Crippen MR) is 101 cm³/mol. The van der Waals surface area contributed by atoms with E-state index in [1.165, 1.54) is 0 Å². The molecule has 2 aliphatic rings. The lowest BCUT2D eigenvalue weighted by Crippen LogP contribution is -2.37. The third-order valence-corrected chi connectivity index (χ3v) is 7.20. The molecule has 1 aliphatic carbocycles. The summed E-state index contributed by atoms with van der Waals surface area (Å²) in [5.74, 6) is 0.785. The Labute approximate surface area is 160 Å². The number of nitrogens with zero attached hydrogens (tertiary/aromatic N) is 4. The molecule has 2 fully saturated rings. The third kappa shape index (κ3) is 3.35. The average molecular weight is 393 g/mol. The van der Waals surface area contributed by atoms with Crippen molar-refractivity contribution in [1.29, 1.82) is 0 Å². The highest BCUT2D eigenvalue weighted by Crippen LogP contribution is 2.45. The van der Waals surface area contributed by atoms with Crippen molar-refractivity contribution in [2.24, 2.45) is 0 Å². The molecule has 1 saturated carbocycles. The molecule has 1 aliphatic heterocycles. The van der Waals surface area contributed by atoms with Crippen LogP contribution in [-0.2, 0) is 20.3 Å². The summed E-state index contributed by atoms with van der Waals surface area (Å²) < 4.78 is 18.3. The molecular weight excluding hydrogens is 372 g/mol. The lowest BCUT2D eigenvalue weighted by Gasteiger charge is -2.31. The van der Waals surface area contributed by atoms with Crippen molar-refractivity contribution in [2.45, 2.75) is 35.5 Å². The van der Waals surface area contributed by atoms with Crippen LogP contribution < -0.4 is 4.90 Å². The Bertz CT molecular complexity index is 793. The van der Waals surface area contributed by atoms with E-state index in [1.807, 2.05) is 24.3 Å². The van der Waals surface area contributed by atoms with Gasteiger partial charge in [0, 0.05) is 25.4 Å². The fourth-order valence-electron chi connectivity index (χ4n) is 3.73. The molecule has 0 amide bonds. The lowest BCUT2D eigenvalue weighted by molar-refractivity contribution is 0.122. The van der Waals surface area contributed by atoms with Crippen molar-refractivity contribution in [3.63, 3.8) is 0 Å². The van der Waals surface area contributed by atoms with Gasteiger partial charge in [0.2, 0.25) is 5.28 Å². The van der Waals surface area contributed by atoms with Crippen molar-refractivity contribution in [1.82, 2.24) is 15.0 Å². The van der Waals surface area contributed by atoms with Gasteiger partial charge in [-0.3, -0.25) is 4.21 Å². The summed E-state index contributed by atoms with van der Waals surface area (Å²) in [7, 11) is -1.29. The third-order valence-electron chi connectivity index (χ3n) is 5.08. The van der Waals surface area contributed by atoms with E-state index in [1.54, 1.807) is 6.20 Å². The molecule has 0 spiro atoms. The monoisotopic (exact) mass is 392 g/mol. The summed E-state index contributed by atoms with van der Waals surface area (Å²) in [5, 5.41) is 0.797. The number of halogens is 1. The fraction of sp³-hybridized carbons (Fsp3) is 0.500. The van der Waals surface area contributed by atoms with E-state index in [0.29, 0.717) is 18.2 Å². The number of ether oxygens (including phenoxy) is 1. The van der Waals surface area contributed by atoms with Crippen LogP contribution in [0.25, 0.3) is 0 Å². The van der Waals surface area contributed by atoms with Crippen LogP contribution in [0.15, 0.2) is 35.5 Å². The Balaban J connectivity index is 1.75. The first kappa shape index (κ1) is 17.8. The molecule has 2 aromatic rings. The Kier molecular flexibility index (Phi) is 5.20. The number of rotatable bonds is 4. The van der Waals surface area contributed by atoms with Gasteiger partial charge in [0.15, 0.2) is 0 Å². The van der Waals surface area contributed by atoms with E-state index in [9.17, 15) is 4.21 Å². The van der Waals surface area contributed by atoms with Crippen molar-refractivity contribution in [3.05, 3.63) is 41.4 Å². The van der Waals surface area contributed by atoms with Crippen LogP contribution in [0.2, 0.25) is 5.28 Å². The van der Waals surface area contributed by atoms with Gasteiger partial charge in [0.05, 0.1) is 34.5 Å². The molecule has 3 heterocycles. The van der Waals surface area contributed by atoms with Crippen molar-refractivity contribution in [2.75, 3.05) is 31.2 Å². The van der Waals surface area contributed by atoms with Gasteiger partial charge in [-0.2, -0.15) is 0 Å². The van der Waals surface area contributed by atoms with Crippen molar-refractivity contribution in [3.8, 4) is 0 Å². The van der Waals surface area contributed by atoms with E-state index < -0.39 is 15.5 Å². The smallest absolute Gasteiger partial charge is 0.224 e. The first-order chi connectivity index (χ1) is 12.7. The molecule has 26 heavy (non-hydrogen) atoms. The van der Waals surface area contributed by atoms with Gasteiger partial charge in [0.25, 0.3) is 0 Å². The van der Waals surface area contributed by atoms with E-state index in [2.05, 4.69) is 19.9 Å².